The third-order valence-corrected chi connectivity index (χ3v) is 6.87. The van der Waals surface area contributed by atoms with Crippen LogP contribution < -0.4 is 4.72 Å². The molecule has 0 radical (unpaired) electrons. The highest BCUT2D eigenvalue weighted by atomic mass is 35.5. The Balaban J connectivity index is 1.54. The van der Waals surface area contributed by atoms with E-state index >= 15 is 0 Å². The molecule has 0 atom stereocenters. The molecular formula is C20H21ClN4O2S. The first-order valence-electron chi connectivity index (χ1n) is 9.30. The lowest BCUT2D eigenvalue weighted by atomic mass is 9.95. The van der Waals surface area contributed by atoms with Crippen molar-refractivity contribution in [1.29, 1.82) is 0 Å². The topological polar surface area (TPSA) is 76.9 Å². The van der Waals surface area contributed by atoms with Crippen LogP contribution in [0.4, 0.5) is 0 Å². The minimum Gasteiger partial charge on any atom is -0.267 e. The summed E-state index contributed by atoms with van der Waals surface area (Å²) in [6.07, 6.45) is 5.95. The van der Waals surface area contributed by atoms with Crippen LogP contribution in [0.2, 0.25) is 5.02 Å². The van der Waals surface area contributed by atoms with Gasteiger partial charge in [0.15, 0.2) is 0 Å². The molecule has 0 fully saturated rings. The summed E-state index contributed by atoms with van der Waals surface area (Å²) in [6.45, 7) is 0.697. The van der Waals surface area contributed by atoms with Crippen molar-refractivity contribution >= 4 is 21.6 Å². The van der Waals surface area contributed by atoms with Crippen molar-refractivity contribution in [2.75, 3.05) is 6.54 Å². The smallest absolute Gasteiger partial charge is 0.242 e. The molecule has 3 aromatic rings. The number of aromatic nitrogens is 3. The Morgan fingerprint density at radius 2 is 1.86 bits per heavy atom. The van der Waals surface area contributed by atoms with Gasteiger partial charge in [-0.3, -0.25) is 9.67 Å². The number of sulfonamides is 1. The Morgan fingerprint density at radius 1 is 1.07 bits per heavy atom. The van der Waals surface area contributed by atoms with Gasteiger partial charge in [-0.1, -0.05) is 29.8 Å². The first-order chi connectivity index (χ1) is 13.6. The highest BCUT2D eigenvalue weighted by Crippen LogP contribution is 2.30. The maximum absolute atomic E-state index is 12.5. The lowest BCUT2D eigenvalue weighted by Gasteiger charge is -2.14. The summed E-state index contributed by atoms with van der Waals surface area (Å²) in [5.74, 6) is 0. The fourth-order valence-corrected chi connectivity index (χ4v) is 5.13. The number of nitrogens with zero attached hydrogens (tertiary/aromatic N) is 3. The Hall–Kier alpha value is -2.22. The van der Waals surface area contributed by atoms with Crippen molar-refractivity contribution in [2.24, 2.45) is 0 Å². The Labute approximate surface area is 169 Å². The van der Waals surface area contributed by atoms with Crippen LogP contribution in [0.1, 0.15) is 24.1 Å². The fourth-order valence-electron chi connectivity index (χ4n) is 3.59. The molecule has 0 aliphatic heterocycles. The number of fused-ring (bicyclic) bond motifs is 1. The van der Waals surface area contributed by atoms with Crippen LogP contribution in [0, 0.1) is 0 Å². The maximum atomic E-state index is 12.5. The molecule has 0 saturated carbocycles. The molecule has 1 aromatic carbocycles. The minimum absolute atomic E-state index is 0.0911. The molecule has 1 N–H and O–H groups in total. The normalized spacial score (nSPS) is 14.0. The summed E-state index contributed by atoms with van der Waals surface area (Å²) in [5, 5.41) is 4.98. The first-order valence-corrected chi connectivity index (χ1v) is 11.2. The average molecular weight is 417 g/mol. The number of rotatable bonds is 6. The summed E-state index contributed by atoms with van der Waals surface area (Å²) in [7, 11) is -3.66. The van der Waals surface area contributed by atoms with Gasteiger partial charge in [0.2, 0.25) is 10.0 Å². The molecular weight excluding hydrogens is 396 g/mol. The Kier molecular flexibility index (Phi) is 5.48. The van der Waals surface area contributed by atoms with Gasteiger partial charge in [0.05, 0.1) is 17.3 Å². The molecule has 0 unspecified atom stereocenters. The number of nitrogens with one attached hydrogen (secondary N) is 1. The predicted octanol–water partition coefficient (Wildman–Crippen LogP) is 3.46. The van der Waals surface area contributed by atoms with Crippen molar-refractivity contribution in [3.8, 4) is 11.4 Å². The van der Waals surface area contributed by atoms with E-state index in [0.29, 0.717) is 6.54 Å². The summed E-state index contributed by atoms with van der Waals surface area (Å²) in [6, 6.07) is 12.2. The van der Waals surface area contributed by atoms with E-state index in [1.54, 1.807) is 24.4 Å². The van der Waals surface area contributed by atoms with E-state index in [1.165, 1.54) is 17.3 Å². The molecule has 146 valence electrons. The largest absolute Gasteiger partial charge is 0.267 e. The van der Waals surface area contributed by atoms with Crippen LogP contribution in [-0.2, 0) is 29.4 Å². The van der Waals surface area contributed by atoms with Crippen molar-refractivity contribution in [3.05, 3.63) is 64.9 Å². The zero-order chi connectivity index (χ0) is 19.6. The molecule has 0 saturated heterocycles. The van der Waals surface area contributed by atoms with Gasteiger partial charge in [-0.05, 0) is 49.9 Å². The van der Waals surface area contributed by atoms with Crippen molar-refractivity contribution in [3.63, 3.8) is 0 Å². The number of hydrogen-bond donors (Lipinski definition) is 1. The SMILES string of the molecule is O=S(=O)(NCCn1nc(-c2ccccn2)c2c1CCCC2)c1ccccc1Cl. The highest BCUT2D eigenvalue weighted by Gasteiger charge is 2.23. The lowest BCUT2D eigenvalue weighted by Crippen LogP contribution is -2.28. The fraction of sp³-hybridized carbons (Fsp3) is 0.300. The molecule has 0 bridgehead atoms. The monoisotopic (exact) mass is 416 g/mol. The molecule has 1 aliphatic carbocycles. The van der Waals surface area contributed by atoms with E-state index in [0.717, 1.165) is 37.1 Å². The van der Waals surface area contributed by atoms with Crippen LogP contribution in [0.5, 0.6) is 0 Å². The molecule has 2 aromatic heterocycles. The van der Waals surface area contributed by atoms with Gasteiger partial charge in [-0.15, -0.1) is 0 Å². The van der Waals surface area contributed by atoms with Crippen molar-refractivity contribution in [1.82, 2.24) is 19.5 Å². The zero-order valence-corrected chi connectivity index (χ0v) is 16.9. The number of benzene rings is 1. The van der Waals surface area contributed by atoms with Gasteiger partial charge in [0, 0.05) is 24.0 Å². The van der Waals surface area contributed by atoms with Crippen molar-refractivity contribution < 1.29 is 8.42 Å². The minimum atomic E-state index is -3.66. The molecule has 0 amide bonds. The van der Waals surface area contributed by atoms with Gasteiger partial charge in [0.25, 0.3) is 0 Å². The van der Waals surface area contributed by atoms with E-state index in [9.17, 15) is 8.42 Å². The second-order valence-corrected chi connectivity index (χ2v) is 8.89. The zero-order valence-electron chi connectivity index (χ0n) is 15.3. The van der Waals surface area contributed by atoms with E-state index in [4.69, 9.17) is 16.7 Å². The van der Waals surface area contributed by atoms with Gasteiger partial charge in [0.1, 0.15) is 10.6 Å². The third-order valence-electron chi connectivity index (χ3n) is 4.91. The molecule has 6 nitrogen and oxygen atoms in total. The van der Waals surface area contributed by atoms with Crippen LogP contribution in [-0.4, -0.2) is 29.7 Å². The summed E-state index contributed by atoms with van der Waals surface area (Å²) < 4.78 is 29.6. The Bertz CT molecular complexity index is 1080. The first kappa shape index (κ1) is 19.1. The van der Waals surface area contributed by atoms with Crippen LogP contribution in [0.15, 0.2) is 53.6 Å². The second-order valence-electron chi connectivity index (χ2n) is 6.75. The van der Waals surface area contributed by atoms with E-state index in [1.807, 2.05) is 22.9 Å². The van der Waals surface area contributed by atoms with E-state index < -0.39 is 10.0 Å². The number of hydrogen-bond acceptors (Lipinski definition) is 4. The van der Waals surface area contributed by atoms with Crippen LogP contribution in [0.3, 0.4) is 0 Å². The quantitative estimate of drug-likeness (QED) is 0.667. The standard InChI is InChI=1S/C20H21ClN4O2S/c21-16-8-2-4-11-19(16)28(26,27)23-13-14-25-18-10-3-1-7-15(18)20(24-25)17-9-5-6-12-22-17/h2,4-6,8-9,11-12,23H,1,3,7,10,13-14H2. The van der Waals surface area contributed by atoms with Gasteiger partial charge < -0.3 is 0 Å². The van der Waals surface area contributed by atoms with Crippen molar-refractivity contribution in [2.45, 2.75) is 37.1 Å². The third kappa shape index (κ3) is 3.83. The number of pyridine rings is 1. The lowest BCUT2D eigenvalue weighted by molar-refractivity contribution is 0.538. The van der Waals surface area contributed by atoms with Gasteiger partial charge >= 0.3 is 0 Å². The molecule has 28 heavy (non-hydrogen) atoms. The average Bonchev–Trinajstić information content (AvgIpc) is 3.08. The molecule has 0 spiro atoms. The second kappa shape index (κ2) is 8.03. The molecule has 2 heterocycles. The Morgan fingerprint density at radius 3 is 2.64 bits per heavy atom. The van der Waals surface area contributed by atoms with E-state index in [2.05, 4.69) is 9.71 Å². The number of halogens is 1. The van der Waals surface area contributed by atoms with Crippen LogP contribution in [0.25, 0.3) is 11.4 Å². The molecule has 1 aliphatic rings. The summed E-state index contributed by atoms with van der Waals surface area (Å²) in [4.78, 5) is 4.53. The predicted molar refractivity (Wildman–Crippen MR) is 109 cm³/mol. The molecule has 8 heteroatoms. The summed E-state index contributed by atoms with van der Waals surface area (Å²) >= 11 is 6.03. The van der Waals surface area contributed by atoms with Gasteiger partial charge in [-0.25, -0.2) is 13.1 Å². The van der Waals surface area contributed by atoms with E-state index in [-0.39, 0.29) is 16.5 Å². The highest BCUT2D eigenvalue weighted by molar-refractivity contribution is 7.89. The molecule has 4 rings (SSSR count). The van der Waals surface area contributed by atoms with Crippen LogP contribution >= 0.6 is 11.6 Å². The maximum Gasteiger partial charge on any atom is 0.242 e. The summed E-state index contributed by atoms with van der Waals surface area (Å²) in [5.41, 5.74) is 4.18. The van der Waals surface area contributed by atoms with Gasteiger partial charge in [-0.2, -0.15) is 5.10 Å².